The molecule has 1 aliphatic rings. The maximum atomic E-state index is 5.41. The van der Waals surface area contributed by atoms with E-state index in [0.717, 1.165) is 17.6 Å². The van der Waals surface area contributed by atoms with E-state index in [1.807, 2.05) is 19.9 Å². The molecule has 1 aliphatic carbocycles. The predicted molar refractivity (Wildman–Crippen MR) is 68.4 cm³/mol. The van der Waals surface area contributed by atoms with Crippen LogP contribution in [0.3, 0.4) is 0 Å². The molecule has 1 heterocycles. The molecule has 1 aromatic rings. The lowest BCUT2D eigenvalue weighted by Crippen LogP contribution is -2.08. The first-order chi connectivity index (χ1) is 8.22. The third-order valence-corrected chi connectivity index (χ3v) is 3.02. The molecular weight excluding hydrogens is 214 g/mol. The highest BCUT2D eigenvalue weighted by Gasteiger charge is 2.36. The van der Waals surface area contributed by atoms with Crippen molar-refractivity contribution in [3.63, 3.8) is 0 Å². The summed E-state index contributed by atoms with van der Waals surface area (Å²) in [6.07, 6.45) is 3.83. The summed E-state index contributed by atoms with van der Waals surface area (Å²) in [6, 6.07) is 2.48. The van der Waals surface area contributed by atoms with Gasteiger partial charge in [0.1, 0.15) is 11.6 Å². The summed E-state index contributed by atoms with van der Waals surface area (Å²) in [5.74, 6) is 3.14. The first-order valence-electron chi connectivity index (χ1n) is 6.48. The monoisotopic (exact) mass is 235 g/mol. The molecule has 1 aromatic heterocycles. The van der Waals surface area contributed by atoms with E-state index in [2.05, 4.69) is 22.2 Å². The van der Waals surface area contributed by atoms with Crippen molar-refractivity contribution in [2.24, 2.45) is 5.92 Å². The molecule has 0 aromatic carbocycles. The minimum Gasteiger partial charge on any atom is -0.478 e. The number of hydrogen-bond donors (Lipinski definition) is 1. The van der Waals surface area contributed by atoms with E-state index in [9.17, 15) is 0 Å². The molecule has 0 aliphatic heterocycles. The molecule has 94 valence electrons. The smallest absolute Gasteiger partial charge is 0.218 e. The van der Waals surface area contributed by atoms with Crippen molar-refractivity contribution < 1.29 is 4.74 Å². The van der Waals surface area contributed by atoms with Crippen LogP contribution in [0.1, 0.15) is 38.9 Å². The topological polar surface area (TPSA) is 47.0 Å². The van der Waals surface area contributed by atoms with Gasteiger partial charge in [0.25, 0.3) is 0 Å². The first kappa shape index (κ1) is 12.1. The SMILES string of the molecule is CCCC1CC1Nc1cc(OCC)nc(C)n1. The molecule has 1 N–H and O–H groups in total. The molecule has 0 bridgehead atoms. The minimum atomic E-state index is 0.596. The van der Waals surface area contributed by atoms with Crippen molar-refractivity contribution in [1.29, 1.82) is 0 Å². The van der Waals surface area contributed by atoms with Crippen LogP contribution in [0.2, 0.25) is 0 Å². The Labute approximate surface area is 103 Å². The van der Waals surface area contributed by atoms with Gasteiger partial charge in [0, 0.05) is 12.1 Å². The maximum Gasteiger partial charge on any atom is 0.218 e. The summed E-state index contributed by atoms with van der Waals surface area (Å²) in [5, 5.41) is 3.46. The van der Waals surface area contributed by atoms with E-state index >= 15 is 0 Å². The highest BCUT2D eigenvalue weighted by Crippen LogP contribution is 2.37. The van der Waals surface area contributed by atoms with Gasteiger partial charge in [-0.2, -0.15) is 4.98 Å². The average molecular weight is 235 g/mol. The number of ether oxygens (including phenoxy) is 1. The number of aromatic nitrogens is 2. The van der Waals surface area contributed by atoms with Gasteiger partial charge >= 0.3 is 0 Å². The van der Waals surface area contributed by atoms with Crippen molar-refractivity contribution in [2.45, 2.75) is 46.1 Å². The van der Waals surface area contributed by atoms with Crippen LogP contribution in [0, 0.1) is 12.8 Å². The van der Waals surface area contributed by atoms with Gasteiger partial charge in [-0.1, -0.05) is 13.3 Å². The van der Waals surface area contributed by atoms with Crippen LogP contribution >= 0.6 is 0 Å². The second kappa shape index (κ2) is 5.34. The Kier molecular flexibility index (Phi) is 3.82. The molecular formula is C13H21N3O. The van der Waals surface area contributed by atoms with Gasteiger partial charge in [-0.15, -0.1) is 0 Å². The number of nitrogens with one attached hydrogen (secondary N) is 1. The fourth-order valence-electron chi connectivity index (χ4n) is 2.14. The zero-order chi connectivity index (χ0) is 12.3. The fraction of sp³-hybridized carbons (Fsp3) is 0.692. The summed E-state index contributed by atoms with van der Waals surface area (Å²) in [7, 11) is 0. The van der Waals surface area contributed by atoms with E-state index < -0.39 is 0 Å². The van der Waals surface area contributed by atoms with E-state index in [1.165, 1.54) is 19.3 Å². The number of anilines is 1. The first-order valence-corrected chi connectivity index (χ1v) is 6.48. The Balaban J connectivity index is 1.96. The summed E-state index contributed by atoms with van der Waals surface area (Å²) in [4.78, 5) is 8.62. The summed E-state index contributed by atoms with van der Waals surface area (Å²) >= 11 is 0. The zero-order valence-electron chi connectivity index (χ0n) is 10.9. The van der Waals surface area contributed by atoms with E-state index in [0.29, 0.717) is 18.5 Å². The van der Waals surface area contributed by atoms with Crippen LogP contribution in [0.4, 0.5) is 5.82 Å². The lowest BCUT2D eigenvalue weighted by Gasteiger charge is -2.08. The Hall–Kier alpha value is -1.32. The Morgan fingerprint density at radius 2 is 2.24 bits per heavy atom. The number of rotatable bonds is 6. The normalized spacial score (nSPS) is 22.3. The molecule has 2 unspecified atom stereocenters. The van der Waals surface area contributed by atoms with Gasteiger partial charge in [0.2, 0.25) is 5.88 Å². The van der Waals surface area contributed by atoms with Crippen LogP contribution in [0.15, 0.2) is 6.07 Å². The van der Waals surface area contributed by atoms with Crippen LogP contribution in [-0.4, -0.2) is 22.6 Å². The molecule has 2 atom stereocenters. The molecule has 0 saturated heterocycles. The molecule has 4 heteroatoms. The molecule has 0 amide bonds. The van der Waals surface area contributed by atoms with Crippen molar-refractivity contribution in [1.82, 2.24) is 9.97 Å². The van der Waals surface area contributed by atoms with E-state index in [-0.39, 0.29) is 0 Å². The standard InChI is InChI=1S/C13H21N3O/c1-4-6-10-7-11(10)16-12-8-13(17-5-2)15-9(3)14-12/h8,10-11H,4-7H2,1-3H3,(H,14,15,16). The third kappa shape index (κ3) is 3.32. The highest BCUT2D eigenvalue weighted by molar-refractivity contribution is 5.41. The van der Waals surface area contributed by atoms with Gasteiger partial charge in [-0.25, -0.2) is 4.98 Å². The van der Waals surface area contributed by atoms with Gasteiger partial charge in [0.05, 0.1) is 6.61 Å². The molecule has 2 rings (SSSR count). The van der Waals surface area contributed by atoms with Crippen LogP contribution in [0.25, 0.3) is 0 Å². The lowest BCUT2D eigenvalue weighted by atomic mass is 10.2. The molecule has 0 spiro atoms. The second-order valence-electron chi connectivity index (χ2n) is 4.61. The Morgan fingerprint density at radius 3 is 2.94 bits per heavy atom. The molecule has 17 heavy (non-hydrogen) atoms. The van der Waals surface area contributed by atoms with Crippen molar-refractivity contribution in [3.05, 3.63) is 11.9 Å². The van der Waals surface area contributed by atoms with Crippen LogP contribution in [0.5, 0.6) is 5.88 Å². The molecule has 1 fully saturated rings. The van der Waals surface area contributed by atoms with E-state index in [4.69, 9.17) is 4.74 Å². The predicted octanol–water partition coefficient (Wildman–Crippen LogP) is 2.78. The molecule has 4 nitrogen and oxygen atoms in total. The summed E-state index contributed by atoms with van der Waals surface area (Å²) < 4.78 is 5.41. The highest BCUT2D eigenvalue weighted by atomic mass is 16.5. The molecule has 0 radical (unpaired) electrons. The van der Waals surface area contributed by atoms with Gasteiger partial charge < -0.3 is 10.1 Å². The number of nitrogens with zero attached hydrogens (tertiary/aromatic N) is 2. The summed E-state index contributed by atoms with van der Waals surface area (Å²) in [6.45, 7) is 6.72. The van der Waals surface area contributed by atoms with Gasteiger partial charge in [0.15, 0.2) is 0 Å². The average Bonchev–Trinajstić information content (AvgIpc) is 2.96. The third-order valence-electron chi connectivity index (χ3n) is 3.02. The zero-order valence-corrected chi connectivity index (χ0v) is 10.9. The Morgan fingerprint density at radius 1 is 1.41 bits per heavy atom. The number of hydrogen-bond acceptors (Lipinski definition) is 4. The fourth-order valence-corrected chi connectivity index (χ4v) is 2.14. The van der Waals surface area contributed by atoms with Crippen LogP contribution < -0.4 is 10.1 Å². The summed E-state index contributed by atoms with van der Waals surface area (Å²) in [5.41, 5.74) is 0. The molecule has 1 saturated carbocycles. The maximum absolute atomic E-state index is 5.41. The minimum absolute atomic E-state index is 0.596. The van der Waals surface area contributed by atoms with E-state index in [1.54, 1.807) is 0 Å². The van der Waals surface area contributed by atoms with Gasteiger partial charge in [-0.3, -0.25) is 0 Å². The Bertz CT molecular complexity index is 381. The van der Waals surface area contributed by atoms with Crippen molar-refractivity contribution in [2.75, 3.05) is 11.9 Å². The largest absolute Gasteiger partial charge is 0.478 e. The number of aryl methyl sites for hydroxylation is 1. The van der Waals surface area contributed by atoms with Crippen molar-refractivity contribution >= 4 is 5.82 Å². The quantitative estimate of drug-likeness (QED) is 0.823. The van der Waals surface area contributed by atoms with Crippen molar-refractivity contribution in [3.8, 4) is 5.88 Å². The second-order valence-corrected chi connectivity index (χ2v) is 4.61. The lowest BCUT2D eigenvalue weighted by molar-refractivity contribution is 0.325. The van der Waals surface area contributed by atoms with Gasteiger partial charge in [-0.05, 0) is 32.6 Å². The van der Waals surface area contributed by atoms with Crippen LogP contribution in [-0.2, 0) is 0 Å².